The molecule has 0 fully saturated rings. The van der Waals surface area contributed by atoms with Crippen LogP contribution in [0.3, 0.4) is 0 Å². The summed E-state index contributed by atoms with van der Waals surface area (Å²) in [6, 6.07) is 4.79. The van der Waals surface area contributed by atoms with Crippen molar-refractivity contribution in [1.82, 2.24) is 15.0 Å². The molecular formula is C11H11ClFN3O. The van der Waals surface area contributed by atoms with Crippen molar-refractivity contribution in [2.75, 3.05) is 0 Å². The first kappa shape index (κ1) is 12.0. The van der Waals surface area contributed by atoms with E-state index in [0.717, 1.165) is 0 Å². The molecule has 0 aliphatic heterocycles. The maximum atomic E-state index is 13.6. The lowest BCUT2D eigenvalue weighted by Gasteiger charge is -2.03. The Balaban J connectivity index is 2.22. The van der Waals surface area contributed by atoms with Crippen molar-refractivity contribution in [1.29, 1.82) is 0 Å². The second kappa shape index (κ2) is 4.81. The molecule has 0 amide bonds. The molecule has 6 heteroatoms. The van der Waals surface area contributed by atoms with Gasteiger partial charge >= 0.3 is 0 Å². The van der Waals surface area contributed by atoms with Gasteiger partial charge in [-0.3, -0.25) is 0 Å². The molecule has 90 valence electrons. The van der Waals surface area contributed by atoms with Crippen molar-refractivity contribution in [2.45, 2.75) is 19.6 Å². The highest BCUT2D eigenvalue weighted by Gasteiger charge is 2.10. The minimum absolute atomic E-state index is 0.0818. The summed E-state index contributed by atoms with van der Waals surface area (Å²) in [6.07, 6.45) is 0.887. The van der Waals surface area contributed by atoms with Crippen LogP contribution in [0.4, 0.5) is 4.39 Å². The summed E-state index contributed by atoms with van der Waals surface area (Å²) < 4.78 is 15.1. The van der Waals surface area contributed by atoms with Gasteiger partial charge in [-0.15, -0.1) is 5.10 Å². The Morgan fingerprint density at radius 1 is 1.53 bits per heavy atom. The second-order valence-corrected chi connectivity index (χ2v) is 4.14. The maximum Gasteiger partial charge on any atom is 0.146 e. The van der Waals surface area contributed by atoms with E-state index in [-0.39, 0.29) is 11.6 Å². The van der Waals surface area contributed by atoms with Crippen molar-refractivity contribution >= 4 is 11.6 Å². The first-order valence-corrected chi connectivity index (χ1v) is 5.46. The second-order valence-electron chi connectivity index (χ2n) is 3.73. The molecule has 0 aliphatic carbocycles. The summed E-state index contributed by atoms with van der Waals surface area (Å²) in [5.74, 6) is -0.455. The molecule has 1 aromatic carbocycles. The molecule has 0 spiro atoms. The third-order valence-corrected chi connectivity index (χ3v) is 2.64. The largest absolute Gasteiger partial charge is 0.387 e. The summed E-state index contributed by atoms with van der Waals surface area (Å²) in [5, 5.41) is 16.9. The molecule has 0 bridgehead atoms. The Hall–Kier alpha value is -1.46. The van der Waals surface area contributed by atoms with Gasteiger partial charge in [-0.2, -0.15) is 0 Å². The van der Waals surface area contributed by atoms with Crippen molar-refractivity contribution in [3.8, 4) is 0 Å². The maximum absolute atomic E-state index is 13.6. The molecule has 17 heavy (non-hydrogen) atoms. The highest BCUT2D eigenvalue weighted by molar-refractivity contribution is 6.30. The summed E-state index contributed by atoms with van der Waals surface area (Å²) >= 11 is 5.68. The minimum atomic E-state index is -0.687. The molecule has 1 heterocycles. The highest BCUT2D eigenvalue weighted by atomic mass is 35.5. The van der Waals surface area contributed by atoms with Gasteiger partial charge in [0.25, 0.3) is 0 Å². The Bertz CT molecular complexity index is 527. The van der Waals surface area contributed by atoms with Gasteiger partial charge in [-0.1, -0.05) is 28.9 Å². The van der Waals surface area contributed by atoms with E-state index >= 15 is 0 Å². The third kappa shape index (κ3) is 2.62. The van der Waals surface area contributed by atoms with Crippen LogP contribution in [-0.2, 0) is 6.54 Å². The van der Waals surface area contributed by atoms with Gasteiger partial charge in [0.1, 0.15) is 11.5 Å². The molecule has 0 radical (unpaired) electrons. The molecule has 1 N–H and O–H groups in total. The predicted octanol–water partition coefficient (Wildman–Crippen LogP) is 2.17. The van der Waals surface area contributed by atoms with Crippen LogP contribution in [0.1, 0.15) is 24.3 Å². The number of rotatable bonds is 3. The fourth-order valence-corrected chi connectivity index (χ4v) is 1.62. The third-order valence-electron chi connectivity index (χ3n) is 2.35. The van der Waals surface area contributed by atoms with Crippen LogP contribution in [0, 0.1) is 5.82 Å². The molecule has 1 unspecified atom stereocenters. The molecule has 2 rings (SSSR count). The minimum Gasteiger partial charge on any atom is -0.387 e. The number of hydrogen-bond acceptors (Lipinski definition) is 3. The van der Waals surface area contributed by atoms with Gasteiger partial charge < -0.3 is 5.11 Å². The molecule has 0 saturated carbocycles. The molecule has 1 aromatic heterocycles. The van der Waals surface area contributed by atoms with Gasteiger partial charge in [-0.25, -0.2) is 9.07 Å². The van der Waals surface area contributed by atoms with Gasteiger partial charge in [0.2, 0.25) is 0 Å². The van der Waals surface area contributed by atoms with Gasteiger partial charge in [0, 0.05) is 5.56 Å². The number of benzene rings is 1. The quantitative estimate of drug-likeness (QED) is 0.915. The lowest BCUT2D eigenvalue weighted by molar-refractivity contribution is 0.194. The summed E-state index contributed by atoms with van der Waals surface area (Å²) in [6.45, 7) is 1.82. The number of hydrogen-bond donors (Lipinski definition) is 1. The average molecular weight is 256 g/mol. The van der Waals surface area contributed by atoms with Crippen molar-refractivity contribution in [3.63, 3.8) is 0 Å². The van der Waals surface area contributed by atoms with Crippen molar-refractivity contribution in [3.05, 3.63) is 46.5 Å². The number of halogens is 2. The fraction of sp³-hybridized carbons (Fsp3) is 0.273. The Morgan fingerprint density at radius 3 is 2.94 bits per heavy atom. The summed E-state index contributed by atoms with van der Waals surface area (Å²) in [4.78, 5) is 0. The van der Waals surface area contributed by atoms with Crippen LogP contribution < -0.4 is 0 Å². The van der Waals surface area contributed by atoms with Gasteiger partial charge in [0.15, 0.2) is 0 Å². The van der Waals surface area contributed by atoms with E-state index in [2.05, 4.69) is 10.3 Å². The van der Waals surface area contributed by atoms with E-state index in [1.165, 1.54) is 10.7 Å². The monoisotopic (exact) mass is 255 g/mol. The van der Waals surface area contributed by atoms with Crippen LogP contribution >= 0.6 is 11.6 Å². The zero-order valence-corrected chi connectivity index (χ0v) is 9.89. The predicted molar refractivity (Wildman–Crippen MR) is 61.2 cm³/mol. The van der Waals surface area contributed by atoms with Crippen LogP contribution in [0.25, 0.3) is 0 Å². The molecular weight excluding hydrogens is 245 g/mol. The lowest BCUT2D eigenvalue weighted by Crippen LogP contribution is -2.03. The zero-order chi connectivity index (χ0) is 12.4. The molecule has 2 aromatic rings. The van der Waals surface area contributed by atoms with Crippen molar-refractivity contribution < 1.29 is 9.50 Å². The Labute approximate surface area is 103 Å². The van der Waals surface area contributed by atoms with Crippen LogP contribution in [0.2, 0.25) is 5.02 Å². The number of aliphatic hydroxyl groups is 1. The number of aromatic nitrogens is 3. The first-order valence-electron chi connectivity index (χ1n) is 5.09. The Kier molecular flexibility index (Phi) is 3.40. The van der Waals surface area contributed by atoms with Gasteiger partial charge in [0.05, 0.1) is 23.9 Å². The highest BCUT2D eigenvalue weighted by Crippen LogP contribution is 2.18. The zero-order valence-electron chi connectivity index (χ0n) is 9.14. The van der Waals surface area contributed by atoms with E-state index in [0.29, 0.717) is 11.3 Å². The van der Waals surface area contributed by atoms with Crippen molar-refractivity contribution in [2.24, 2.45) is 0 Å². The topological polar surface area (TPSA) is 50.9 Å². The molecule has 0 saturated heterocycles. The average Bonchev–Trinajstić information content (AvgIpc) is 2.73. The van der Waals surface area contributed by atoms with Crippen LogP contribution in [-0.4, -0.2) is 20.1 Å². The number of nitrogens with zero attached hydrogens (tertiary/aromatic N) is 3. The summed E-state index contributed by atoms with van der Waals surface area (Å²) in [5.41, 5.74) is 0.881. The van der Waals surface area contributed by atoms with E-state index in [1.807, 2.05) is 0 Å². The molecule has 1 atom stereocenters. The van der Waals surface area contributed by atoms with Crippen LogP contribution in [0.5, 0.6) is 0 Å². The van der Waals surface area contributed by atoms with E-state index in [1.54, 1.807) is 25.3 Å². The van der Waals surface area contributed by atoms with E-state index in [9.17, 15) is 9.50 Å². The van der Waals surface area contributed by atoms with Gasteiger partial charge in [-0.05, 0) is 13.0 Å². The normalized spacial score (nSPS) is 12.7. The Morgan fingerprint density at radius 2 is 2.29 bits per heavy atom. The smallest absolute Gasteiger partial charge is 0.146 e. The first-order chi connectivity index (χ1) is 8.08. The van der Waals surface area contributed by atoms with Crippen LogP contribution in [0.15, 0.2) is 24.4 Å². The molecule has 4 nitrogen and oxygen atoms in total. The number of aliphatic hydroxyl groups excluding tert-OH is 1. The fourth-order valence-electron chi connectivity index (χ4n) is 1.43. The summed E-state index contributed by atoms with van der Waals surface area (Å²) in [7, 11) is 0. The SMILES string of the molecule is CC(O)c1cn(Cc2cccc(Cl)c2F)nn1. The lowest BCUT2D eigenvalue weighted by atomic mass is 10.2. The molecule has 0 aliphatic rings. The standard InChI is InChI=1S/C11H11ClFN3O/c1-7(17)10-6-16(15-14-10)5-8-3-2-4-9(12)11(8)13/h2-4,6-7,17H,5H2,1H3. The van der Waals surface area contributed by atoms with E-state index in [4.69, 9.17) is 11.6 Å². The van der Waals surface area contributed by atoms with E-state index < -0.39 is 11.9 Å².